The van der Waals surface area contributed by atoms with Crippen molar-refractivity contribution < 1.29 is 13.3 Å². The third-order valence-electron chi connectivity index (χ3n) is 5.06. The van der Waals surface area contributed by atoms with Crippen LogP contribution in [0.25, 0.3) is 11.3 Å². The first-order valence-electron chi connectivity index (χ1n) is 9.46. The smallest absolute Gasteiger partial charge is 0.240 e. The maximum absolute atomic E-state index is 15.0. The minimum Gasteiger partial charge on any atom is -0.351 e. The molecule has 29 heavy (non-hydrogen) atoms. The molecule has 3 heterocycles. The van der Waals surface area contributed by atoms with Crippen LogP contribution in [0.3, 0.4) is 0 Å². The Labute approximate surface area is 167 Å². The highest BCUT2D eigenvalue weighted by atomic mass is 19.1. The molecule has 7 nitrogen and oxygen atoms in total. The second-order valence-corrected chi connectivity index (χ2v) is 7.54. The van der Waals surface area contributed by atoms with Gasteiger partial charge in [-0.15, -0.1) is 0 Å². The molecule has 0 atom stereocenters. The van der Waals surface area contributed by atoms with Crippen LogP contribution in [0.5, 0.6) is 0 Å². The SMILES string of the molecule is CC(C)c1noc(CN(C)C2CN(c3ncnc(-c4ccc(F)cc4)c3F)C2)n1. The third kappa shape index (κ3) is 3.95. The van der Waals surface area contributed by atoms with Crippen molar-refractivity contribution in [3.63, 3.8) is 0 Å². The number of anilines is 1. The van der Waals surface area contributed by atoms with Gasteiger partial charge < -0.3 is 9.42 Å². The second-order valence-electron chi connectivity index (χ2n) is 7.54. The molecular weight excluding hydrogens is 378 g/mol. The van der Waals surface area contributed by atoms with Crippen molar-refractivity contribution in [2.24, 2.45) is 0 Å². The lowest BCUT2D eigenvalue weighted by atomic mass is 10.1. The lowest BCUT2D eigenvalue weighted by Crippen LogP contribution is -2.58. The van der Waals surface area contributed by atoms with Gasteiger partial charge in [0.1, 0.15) is 17.8 Å². The van der Waals surface area contributed by atoms with E-state index in [0.29, 0.717) is 36.9 Å². The predicted octanol–water partition coefficient (Wildman–Crippen LogP) is 3.25. The van der Waals surface area contributed by atoms with Crippen LogP contribution in [0.4, 0.5) is 14.6 Å². The van der Waals surface area contributed by atoms with E-state index in [1.807, 2.05) is 25.8 Å². The minimum atomic E-state index is -0.501. The van der Waals surface area contributed by atoms with Gasteiger partial charge in [0.05, 0.1) is 6.54 Å². The second kappa shape index (κ2) is 7.82. The Morgan fingerprint density at radius 1 is 1.17 bits per heavy atom. The number of aromatic nitrogens is 4. The van der Waals surface area contributed by atoms with E-state index >= 15 is 0 Å². The van der Waals surface area contributed by atoms with Gasteiger partial charge in [-0.1, -0.05) is 19.0 Å². The number of hydrogen-bond donors (Lipinski definition) is 0. The van der Waals surface area contributed by atoms with Crippen molar-refractivity contribution >= 4 is 5.82 Å². The first kappa shape index (κ1) is 19.4. The Kier molecular flexibility index (Phi) is 5.23. The van der Waals surface area contributed by atoms with E-state index in [4.69, 9.17) is 4.52 Å². The van der Waals surface area contributed by atoms with E-state index in [9.17, 15) is 8.78 Å². The van der Waals surface area contributed by atoms with Gasteiger partial charge in [0.25, 0.3) is 0 Å². The molecule has 0 radical (unpaired) electrons. The van der Waals surface area contributed by atoms with Gasteiger partial charge in [-0.25, -0.2) is 18.7 Å². The molecule has 0 N–H and O–H groups in total. The van der Waals surface area contributed by atoms with Gasteiger partial charge in [-0.3, -0.25) is 4.90 Å². The van der Waals surface area contributed by atoms with Crippen LogP contribution in [0.15, 0.2) is 35.1 Å². The van der Waals surface area contributed by atoms with Crippen LogP contribution < -0.4 is 4.90 Å². The summed E-state index contributed by atoms with van der Waals surface area (Å²) >= 11 is 0. The van der Waals surface area contributed by atoms with E-state index in [1.54, 1.807) is 0 Å². The van der Waals surface area contributed by atoms with Crippen molar-refractivity contribution in [1.82, 2.24) is 25.0 Å². The Morgan fingerprint density at radius 2 is 1.90 bits per heavy atom. The van der Waals surface area contributed by atoms with Crippen LogP contribution >= 0.6 is 0 Å². The molecule has 0 aliphatic carbocycles. The molecule has 4 rings (SSSR count). The summed E-state index contributed by atoms with van der Waals surface area (Å²) in [4.78, 5) is 16.5. The largest absolute Gasteiger partial charge is 0.351 e. The Morgan fingerprint density at radius 3 is 2.55 bits per heavy atom. The van der Waals surface area contributed by atoms with Gasteiger partial charge in [-0.2, -0.15) is 4.98 Å². The van der Waals surface area contributed by atoms with E-state index in [0.717, 1.165) is 0 Å². The molecule has 2 aromatic heterocycles. The zero-order valence-corrected chi connectivity index (χ0v) is 16.5. The number of nitrogens with zero attached hydrogens (tertiary/aromatic N) is 6. The van der Waals surface area contributed by atoms with Crippen molar-refractivity contribution in [2.75, 3.05) is 25.0 Å². The van der Waals surface area contributed by atoms with E-state index in [2.05, 4.69) is 25.0 Å². The highest BCUT2D eigenvalue weighted by Gasteiger charge is 2.34. The summed E-state index contributed by atoms with van der Waals surface area (Å²) in [6.45, 7) is 5.81. The minimum absolute atomic E-state index is 0.166. The summed E-state index contributed by atoms with van der Waals surface area (Å²) in [6.07, 6.45) is 1.33. The van der Waals surface area contributed by atoms with Crippen LogP contribution in [-0.2, 0) is 6.54 Å². The van der Waals surface area contributed by atoms with Gasteiger partial charge in [0.2, 0.25) is 5.89 Å². The molecule has 0 saturated carbocycles. The predicted molar refractivity (Wildman–Crippen MR) is 103 cm³/mol. The molecule has 3 aromatic rings. The zero-order valence-electron chi connectivity index (χ0n) is 16.5. The number of halogens is 2. The monoisotopic (exact) mass is 400 g/mol. The fraction of sp³-hybridized carbons (Fsp3) is 0.400. The molecule has 1 aliphatic heterocycles. The maximum atomic E-state index is 15.0. The molecular formula is C20H22F2N6O. The zero-order chi connectivity index (χ0) is 20.5. The first-order chi connectivity index (χ1) is 13.9. The summed E-state index contributed by atoms with van der Waals surface area (Å²) in [5, 5.41) is 3.98. The molecule has 1 fully saturated rings. The van der Waals surface area contributed by atoms with Crippen molar-refractivity contribution in [3.8, 4) is 11.3 Å². The summed E-state index contributed by atoms with van der Waals surface area (Å²) in [5.41, 5.74) is 0.679. The maximum Gasteiger partial charge on any atom is 0.240 e. The van der Waals surface area contributed by atoms with E-state index < -0.39 is 5.82 Å². The molecule has 0 bridgehead atoms. The third-order valence-corrected chi connectivity index (χ3v) is 5.06. The average Bonchev–Trinajstić information content (AvgIpc) is 3.11. The van der Waals surface area contributed by atoms with Crippen LogP contribution in [0.1, 0.15) is 31.5 Å². The van der Waals surface area contributed by atoms with Gasteiger partial charge in [0, 0.05) is 30.6 Å². The van der Waals surface area contributed by atoms with Gasteiger partial charge in [-0.05, 0) is 31.3 Å². The van der Waals surface area contributed by atoms with Gasteiger partial charge in [0.15, 0.2) is 17.5 Å². The van der Waals surface area contributed by atoms with Crippen LogP contribution in [-0.4, -0.2) is 51.2 Å². The summed E-state index contributed by atoms with van der Waals surface area (Å²) in [5.74, 6) is 0.857. The molecule has 152 valence electrons. The Balaban J connectivity index is 1.41. The molecule has 1 aliphatic rings. The molecule has 9 heteroatoms. The average molecular weight is 400 g/mol. The summed E-state index contributed by atoms with van der Waals surface area (Å²) < 4.78 is 33.4. The van der Waals surface area contributed by atoms with Crippen molar-refractivity contribution in [1.29, 1.82) is 0 Å². The lowest BCUT2D eigenvalue weighted by Gasteiger charge is -2.44. The number of rotatable bonds is 6. The highest BCUT2D eigenvalue weighted by molar-refractivity contribution is 5.64. The quantitative estimate of drug-likeness (QED) is 0.629. The van der Waals surface area contributed by atoms with E-state index in [1.165, 1.54) is 30.6 Å². The number of benzene rings is 1. The lowest BCUT2D eigenvalue weighted by molar-refractivity contribution is 0.173. The summed E-state index contributed by atoms with van der Waals surface area (Å²) in [7, 11) is 1.97. The molecule has 0 unspecified atom stereocenters. The number of hydrogen-bond acceptors (Lipinski definition) is 7. The highest BCUT2D eigenvalue weighted by Crippen LogP contribution is 2.29. The number of likely N-dealkylation sites (N-methyl/N-ethyl adjacent to an activating group) is 1. The van der Waals surface area contributed by atoms with Crippen molar-refractivity contribution in [3.05, 3.63) is 53.9 Å². The summed E-state index contributed by atoms with van der Waals surface area (Å²) in [6, 6.07) is 5.80. The van der Waals surface area contributed by atoms with Crippen molar-refractivity contribution in [2.45, 2.75) is 32.4 Å². The molecule has 1 aromatic carbocycles. The topological polar surface area (TPSA) is 71.2 Å². The fourth-order valence-corrected chi connectivity index (χ4v) is 3.21. The van der Waals surface area contributed by atoms with Crippen LogP contribution in [0.2, 0.25) is 0 Å². The Bertz CT molecular complexity index is 985. The standard InChI is InChI=1S/C20H22F2N6O/c1-12(2)19-25-16(29-26-19)10-27(3)15-8-28(9-15)20-17(22)18(23-11-24-20)13-4-6-14(21)7-5-13/h4-7,11-12,15H,8-10H2,1-3H3. The molecule has 0 amide bonds. The Hall–Kier alpha value is -2.94. The molecule has 1 saturated heterocycles. The molecule has 0 spiro atoms. The fourth-order valence-electron chi connectivity index (χ4n) is 3.21. The first-order valence-corrected chi connectivity index (χ1v) is 9.46. The normalized spacial score (nSPS) is 14.7. The van der Waals surface area contributed by atoms with E-state index in [-0.39, 0.29) is 29.3 Å². The van der Waals surface area contributed by atoms with Gasteiger partial charge >= 0.3 is 0 Å². The van der Waals surface area contributed by atoms with Crippen LogP contribution in [0, 0.1) is 11.6 Å².